The maximum absolute atomic E-state index is 12.7. The van der Waals surface area contributed by atoms with Crippen molar-refractivity contribution in [2.24, 2.45) is 0 Å². The topological polar surface area (TPSA) is 76.0 Å². The van der Waals surface area contributed by atoms with E-state index >= 15 is 0 Å². The van der Waals surface area contributed by atoms with Gasteiger partial charge in [-0.05, 0) is 12.1 Å². The van der Waals surface area contributed by atoms with Crippen LogP contribution < -0.4 is 5.56 Å². The van der Waals surface area contributed by atoms with E-state index in [2.05, 4.69) is 10.1 Å². The molecule has 26 heavy (non-hydrogen) atoms. The molecule has 0 N–H and O–H groups in total. The van der Waals surface area contributed by atoms with Crippen LogP contribution >= 0.6 is 11.6 Å². The zero-order valence-corrected chi connectivity index (χ0v) is 13.9. The Balaban J connectivity index is 1.99. The first-order valence-electron chi connectivity index (χ1n) is 7.47. The number of hydrogen-bond acceptors (Lipinski definition) is 4. The average Bonchev–Trinajstić information content (AvgIpc) is 2.93. The number of aromatic nitrogens is 4. The van der Waals surface area contributed by atoms with Crippen molar-refractivity contribution in [2.75, 3.05) is 0 Å². The molecule has 3 rings (SSSR count). The van der Waals surface area contributed by atoms with E-state index in [9.17, 15) is 18.0 Å². The number of hydrogen-bond donors (Lipinski definition) is 0. The van der Waals surface area contributed by atoms with Crippen LogP contribution in [0.1, 0.15) is 23.5 Å². The van der Waals surface area contributed by atoms with Gasteiger partial charge in [-0.2, -0.15) is 23.5 Å². The second-order valence-electron chi connectivity index (χ2n) is 5.46. The fraction of sp³-hybridized carbons (Fsp3) is 0.250. The van der Waals surface area contributed by atoms with Gasteiger partial charge in [-0.25, -0.2) is 9.67 Å². The van der Waals surface area contributed by atoms with Crippen LogP contribution in [0.4, 0.5) is 13.2 Å². The molecular weight excluding hydrogens is 371 g/mol. The van der Waals surface area contributed by atoms with E-state index in [1.54, 1.807) is 18.2 Å². The third-order valence-corrected chi connectivity index (χ3v) is 3.95. The summed E-state index contributed by atoms with van der Waals surface area (Å²) in [7, 11) is 0. The molecule has 134 valence electrons. The fourth-order valence-corrected chi connectivity index (χ4v) is 2.73. The number of aryl methyl sites for hydroxylation is 1. The van der Waals surface area contributed by atoms with E-state index < -0.39 is 17.4 Å². The predicted molar refractivity (Wildman–Crippen MR) is 86.7 cm³/mol. The molecule has 0 aliphatic carbocycles. The molecule has 6 nitrogen and oxygen atoms in total. The van der Waals surface area contributed by atoms with Gasteiger partial charge in [0.25, 0.3) is 5.56 Å². The quantitative estimate of drug-likeness (QED) is 0.696. The van der Waals surface area contributed by atoms with Crippen molar-refractivity contribution in [1.82, 2.24) is 19.2 Å². The first-order chi connectivity index (χ1) is 12.3. The van der Waals surface area contributed by atoms with Gasteiger partial charge in [-0.3, -0.25) is 9.20 Å². The molecule has 0 fully saturated rings. The van der Waals surface area contributed by atoms with E-state index in [1.165, 1.54) is 10.5 Å². The minimum absolute atomic E-state index is 0.178. The molecule has 0 amide bonds. The molecule has 0 bridgehead atoms. The fourth-order valence-electron chi connectivity index (χ4n) is 2.53. The number of rotatable bonds is 4. The van der Waals surface area contributed by atoms with Gasteiger partial charge < -0.3 is 0 Å². The Bertz CT molecular complexity index is 1060. The molecule has 0 aliphatic heterocycles. The van der Waals surface area contributed by atoms with Crippen molar-refractivity contribution in [3.05, 3.63) is 62.9 Å². The number of halogens is 4. The van der Waals surface area contributed by atoms with E-state index in [-0.39, 0.29) is 23.8 Å². The molecule has 3 aromatic heterocycles. The van der Waals surface area contributed by atoms with Gasteiger partial charge >= 0.3 is 6.18 Å². The summed E-state index contributed by atoms with van der Waals surface area (Å²) in [6.07, 6.45) is -3.98. The second kappa shape index (κ2) is 6.80. The molecule has 0 radical (unpaired) electrons. The number of alkyl halides is 3. The van der Waals surface area contributed by atoms with E-state index in [1.807, 2.05) is 6.07 Å². The van der Waals surface area contributed by atoms with Crippen LogP contribution in [0.15, 0.2) is 35.1 Å². The maximum atomic E-state index is 12.7. The minimum Gasteiger partial charge on any atom is -0.269 e. The van der Waals surface area contributed by atoms with Crippen molar-refractivity contribution in [2.45, 2.75) is 25.6 Å². The predicted octanol–water partition coefficient (Wildman–Crippen LogP) is 3.07. The Morgan fingerprint density at radius 2 is 2.04 bits per heavy atom. The molecule has 0 aliphatic rings. The highest BCUT2D eigenvalue weighted by Crippen LogP contribution is 2.30. The molecule has 3 heterocycles. The van der Waals surface area contributed by atoms with Crippen molar-refractivity contribution in [1.29, 1.82) is 5.26 Å². The summed E-state index contributed by atoms with van der Waals surface area (Å²) in [6, 6.07) is 8.96. The molecule has 0 unspecified atom stereocenters. The van der Waals surface area contributed by atoms with Crippen LogP contribution in [-0.2, 0) is 19.1 Å². The third-order valence-electron chi connectivity index (χ3n) is 3.64. The van der Waals surface area contributed by atoms with Gasteiger partial charge in [0.05, 0.1) is 18.3 Å². The molecule has 0 saturated heterocycles. The molecule has 0 atom stereocenters. The summed E-state index contributed by atoms with van der Waals surface area (Å²) in [4.78, 5) is 16.7. The number of fused-ring (bicyclic) bond motifs is 1. The van der Waals surface area contributed by atoms with Crippen LogP contribution in [0.5, 0.6) is 0 Å². The van der Waals surface area contributed by atoms with Gasteiger partial charge in [0.1, 0.15) is 10.8 Å². The Morgan fingerprint density at radius 3 is 2.69 bits per heavy atom. The van der Waals surface area contributed by atoms with Gasteiger partial charge in [0, 0.05) is 30.7 Å². The highest BCUT2D eigenvalue weighted by atomic mass is 35.5. The lowest BCUT2D eigenvalue weighted by Crippen LogP contribution is -2.20. The molecule has 0 aromatic carbocycles. The number of nitriles is 1. The highest BCUT2D eigenvalue weighted by Gasteiger charge is 2.34. The van der Waals surface area contributed by atoms with Gasteiger partial charge in [-0.1, -0.05) is 17.7 Å². The summed E-state index contributed by atoms with van der Waals surface area (Å²) in [6.45, 7) is -0.178. The molecule has 10 heteroatoms. The first-order valence-corrected chi connectivity index (χ1v) is 7.85. The number of pyridine rings is 1. The molecule has 0 saturated carbocycles. The normalized spacial score (nSPS) is 11.7. The molecular formula is C16H11ClF3N5O. The lowest BCUT2D eigenvalue weighted by Gasteiger charge is -2.09. The zero-order chi connectivity index (χ0) is 18.9. The summed E-state index contributed by atoms with van der Waals surface area (Å²) in [5, 5.41) is 11.9. The van der Waals surface area contributed by atoms with Crippen molar-refractivity contribution < 1.29 is 13.2 Å². The molecule has 0 spiro atoms. The first kappa shape index (κ1) is 17.9. The SMILES string of the molecule is N#CCCc1cccc2nc(Cn3nc(C(F)(F)F)cc3Cl)cc(=O)n12. The van der Waals surface area contributed by atoms with Crippen LogP contribution in [0, 0.1) is 11.3 Å². The summed E-state index contributed by atoms with van der Waals surface area (Å²) < 4.78 is 40.4. The summed E-state index contributed by atoms with van der Waals surface area (Å²) in [5.41, 5.74) is -0.310. The third kappa shape index (κ3) is 3.55. The molecule has 3 aromatic rings. The maximum Gasteiger partial charge on any atom is 0.435 e. The lowest BCUT2D eigenvalue weighted by atomic mass is 10.2. The Labute approximate surface area is 150 Å². The van der Waals surface area contributed by atoms with E-state index in [4.69, 9.17) is 16.9 Å². The van der Waals surface area contributed by atoms with Crippen LogP contribution in [0.2, 0.25) is 5.15 Å². The standard InChI is InChI=1S/C16H11ClF3N5O/c17-13-8-12(16(18,19)20)23-24(13)9-10-7-15(26)25-11(4-2-6-21)3-1-5-14(25)22-10/h1,3,5,7-8H,2,4,9H2. The Hall–Kier alpha value is -2.86. The zero-order valence-electron chi connectivity index (χ0n) is 13.2. The highest BCUT2D eigenvalue weighted by molar-refractivity contribution is 6.29. The second-order valence-corrected chi connectivity index (χ2v) is 5.85. The van der Waals surface area contributed by atoms with Crippen LogP contribution in [0.25, 0.3) is 5.65 Å². The van der Waals surface area contributed by atoms with Crippen LogP contribution in [0.3, 0.4) is 0 Å². The van der Waals surface area contributed by atoms with Gasteiger partial charge in [0.15, 0.2) is 5.69 Å². The van der Waals surface area contributed by atoms with E-state index in [0.717, 1.165) is 10.7 Å². The van der Waals surface area contributed by atoms with Crippen molar-refractivity contribution in [3.8, 4) is 6.07 Å². The van der Waals surface area contributed by atoms with Gasteiger partial charge in [0.2, 0.25) is 0 Å². The monoisotopic (exact) mass is 381 g/mol. The van der Waals surface area contributed by atoms with Crippen LogP contribution in [-0.4, -0.2) is 19.2 Å². The average molecular weight is 382 g/mol. The summed E-state index contributed by atoms with van der Waals surface area (Å²) >= 11 is 5.80. The van der Waals surface area contributed by atoms with Crippen molar-refractivity contribution >= 4 is 17.2 Å². The Kier molecular flexibility index (Phi) is 4.70. The smallest absolute Gasteiger partial charge is 0.269 e. The lowest BCUT2D eigenvalue weighted by molar-refractivity contribution is -0.141. The Morgan fingerprint density at radius 1 is 1.27 bits per heavy atom. The summed E-state index contributed by atoms with van der Waals surface area (Å²) in [5.74, 6) is 0. The number of nitrogens with zero attached hydrogens (tertiary/aromatic N) is 5. The van der Waals surface area contributed by atoms with Gasteiger partial charge in [-0.15, -0.1) is 0 Å². The van der Waals surface area contributed by atoms with E-state index in [0.29, 0.717) is 17.8 Å². The van der Waals surface area contributed by atoms with Crippen molar-refractivity contribution in [3.63, 3.8) is 0 Å². The largest absolute Gasteiger partial charge is 0.435 e. The minimum atomic E-state index is -4.61.